The molecule has 2 N–H and O–H groups in total. The van der Waals surface area contributed by atoms with E-state index in [1.807, 2.05) is 24.3 Å². The summed E-state index contributed by atoms with van der Waals surface area (Å²) in [6.45, 7) is 2.23. The summed E-state index contributed by atoms with van der Waals surface area (Å²) in [7, 11) is 3.20. The second-order valence-corrected chi connectivity index (χ2v) is 7.38. The molecule has 0 bridgehead atoms. The van der Waals surface area contributed by atoms with Crippen LogP contribution in [-0.4, -0.2) is 39.8 Å². The minimum Gasteiger partial charge on any atom is -0.495 e. The molecule has 1 unspecified atom stereocenters. The van der Waals surface area contributed by atoms with E-state index in [2.05, 4.69) is 20.5 Å². The molecule has 0 amide bonds. The van der Waals surface area contributed by atoms with Gasteiger partial charge in [0.2, 0.25) is 0 Å². The number of ether oxygens (including phenoxy) is 1. The van der Waals surface area contributed by atoms with Crippen molar-refractivity contribution in [1.82, 2.24) is 10.6 Å². The normalized spacial score (nSPS) is 16.5. The van der Waals surface area contributed by atoms with Crippen molar-refractivity contribution in [1.29, 1.82) is 0 Å². The third-order valence-corrected chi connectivity index (χ3v) is 5.32. The zero-order valence-electron chi connectivity index (χ0n) is 17.9. The first-order valence-electron chi connectivity index (χ1n) is 10.00. The lowest BCUT2D eigenvalue weighted by molar-refractivity contribution is -0.138. The third kappa shape index (κ3) is 6.63. The second kappa shape index (κ2) is 11.6. The van der Waals surface area contributed by atoms with Gasteiger partial charge in [-0.3, -0.25) is 4.99 Å². The van der Waals surface area contributed by atoms with Crippen LogP contribution in [0.1, 0.15) is 17.5 Å². The average Bonchev–Trinajstić information content (AvgIpc) is 3.22. The Morgan fingerprint density at radius 1 is 1.19 bits per heavy atom. The van der Waals surface area contributed by atoms with Crippen LogP contribution in [0.3, 0.4) is 0 Å². The summed E-state index contributed by atoms with van der Waals surface area (Å²) < 4.78 is 58.2. The largest absolute Gasteiger partial charge is 0.495 e. The second-order valence-electron chi connectivity index (χ2n) is 7.38. The number of aliphatic imine (C=N–C) groups is 1. The van der Waals surface area contributed by atoms with Crippen molar-refractivity contribution in [2.24, 2.45) is 10.9 Å². The van der Waals surface area contributed by atoms with Crippen molar-refractivity contribution in [2.45, 2.75) is 19.1 Å². The molecule has 0 aromatic heterocycles. The van der Waals surface area contributed by atoms with E-state index in [0.717, 1.165) is 43.1 Å². The minimum absolute atomic E-state index is 0. The fourth-order valence-electron chi connectivity index (χ4n) is 3.72. The molecule has 5 nitrogen and oxygen atoms in total. The number of nitrogens with one attached hydrogen (secondary N) is 2. The van der Waals surface area contributed by atoms with Crippen molar-refractivity contribution in [3.63, 3.8) is 0 Å². The number of guanidine groups is 1. The number of methoxy groups -OCH3 is 1. The summed E-state index contributed by atoms with van der Waals surface area (Å²) in [6.07, 6.45) is -3.65. The van der Waals surface area contributed by atoms with Crippen molar-refractivity contribution in [3.05, 3.63) is 59.4 Å². The zero-order valence-corrected chi connectivity index (χ0v) is 20.2. The van der Waals surface area contributed by atoms with Gasteiger partial charge in [-0.2, -0.15) is 13.2 Å². The number of rotatable bonds is 6. The van der Waals surface area contributed by atoms with Crippen LogP contribution in [0.2, 0.25) is 0 Å². The van der Waals surface area contributed by atoms with Crippen LogP contribution in [0.4, 0.5) is 23.2 Å². The fourth-order valence-corrected chi connectivity index (χ4v) is 3.72. The Morgan fingerprint density at radius 2 is 1.94 bits per heavy atom. The van der Waals surface area contributed by atoms with Gasteiger partial charge in [-0.25, -0.2) is 4.39 Å². The lowest BCUT2D eigenvalue weighted by Crippen LogP contribution is -2.40. The van der Waals surface area contributed by atoms with E-state index in [-0.39, 0.29) is 36.1 Å². The Labute approximate surface area is 202 Å². The molecular formula is C22H27F4IN4O. The molecule has 3 rings (SSSR count). The predicted molar refractivity (Wildman–Crippen MR) is 128 cm³/mol. The fraction of sp³-hybridized carbons (Fsp3) is 0.409. The van der Waals surface area contributed by atoms with Gasteiger partial charge in [-0.05, 0) is 42.2 Å². The molecule has 0 aliphatic carbocycles. The van der Waals surface area contributed by atoms with Crippen molar-refractivity contribution in [3.8, 4) is 5.75 Å². The van der Waals surface area contributed by atoms with Crippen LogP contribution >= 0.6 is 24.0 Å². The molecule has 1 saturated heterocycles. The summed E-state index contributed by atoms with van der Waals surface area (Å²) in [5.74, 6) is 0.654. The van der Waals surface area contributed by atoms with Crippen LogP contribution in [0.25, 0.3) is 0 Å². The van der Waals surface area contributed by atoms with E-state index in [1.165, 1.54) is 0 Å². The van der Waals surface area contributed by atoms with E-state index in [1.54, 1.807) is 14.2 Å². The Morgan fingerprint density at radius 3 is 2.62 bits per heavy atom. The number of halogens is 5. The topological polar surface area (TPSA) is 48.9 Å². The van der Waals surface area contributed by atoms with Crippen LogP contribution < -0.4 is 20.3 Å². The Balaban J connectivity index is 0.00000363. The number of nitrogens with zero attached hydrogens (tertiary/aromatic N) is 2. The lowest BCUT2D eigenvalue weighted by atomic mass is 10.1. The highest BCUT2D eigenvalue weighted by Crippen LogP contribution is 2.33. The molecular weight excluding hydrogens is 539 g/mol. The highest BCUT2D eigenvalue weighted by atomic mass is 127. The molecule has 1 aliphatic heterocycles. The van der Waals surface area contributed by atoms with Crippen molar-refractivity contribution in [2.75, 3.05) is 38.7 Å². The standard InChI is InChI=1S/C22H26F4N4O.HI/c1-27-21(29-13-16-7-8-17(23)11-18(16)22(24,25)26)28-12-15-9-10-30(14-15)19-5-3-4-6-20(19)31-2;/h3-8,11,15H,9-10,12-14H2,1-2H3,(H2,27,28,29);1H. The Bertz CT molecular complexity index is 923. The maximum absolute atomic E-state index is 13.3. The number of hydrogen-bond acceptors (Lipinski definition) is 3. The minimum atomic E-state index is -4.62. The number of benzene rings is 2. The average molecular weight is 566 g/mol. The van der Waals surface area contributed by atoms with E-state index < -0.39 is 17.6 Å². The van der Waals surface area contributed by atoms with E-state index in [9.17, 15) is 17.6 Å². The summed E-state index contributed by atoms with van der Waals surface area (Å²) in [5.41, 5.74) is 0.0183. The highest BCUT2D eigenvalue weighted by molar-refractivity contribution is 14.0. The van der Waals surface area contributed by atoms with Crippen LogP contribution in [0, 0.1) is 11.7 Å². The van der Waals surface area contributed by atoms with Gasteiger partial charge in [0, 0.05) is 33.2 Å². The maximum atomic E-state index is 13.3. The van der Waals surface area contributed by atoms with Crippen LogP contribution in [0.15, 0.2) is 47.5 Å². The molecule has 0 saturated carbocycles. The molecule has 1 heterocycles. The quantitative estimate of drug-likeness (QED) is 0.231. The molecule has 32 heavy (non-hydrogen) atoms. The third-order valence-electron chi connectivity index (χ3n) is 5.32. The Kier molecular flexibility index (Phi) is 9.41. The summed E-state index contributed by atoms with van der Waals surface area (Å²) in [5, 5.41) is 6.06. The first-order chi connectivity index (χ1) is 14.8. The zero-order chi connectivity index (χ0) is 22.4. The van der Waals surface area contributed by atoms with Gasteiger partial charge in [0.05, 0.1) is 18.4 Å². The molecule has 2 aromatic carbocycles. The SMILES string of the molecule is CN=C(NCc1ccc(F)cc1C(F)(F)F)NCC1CCN(c2ccccc2OC)C1.I. The van der Waals surface area contributed by atoms with Gasteiger partial charge >= 0.3 is 6.18 Å². The van der Waals surface area contributed by atoms with E-state index in [4.69, 9.17) is 4.74 Å². The highest BCUT2D eigenvalue weighted by Gasteiger charge is 2.33. The summed E-state index contributed by atoms with van der Waals surface area (Å²) >= 11 is 0. The number of alkyl halides is 3. The number of para-hydroxylation sites is 2. The molecule has 0 radical (unpaired) electrons. The maximum Gasteiger partial charge on any atom is 0.416 e. The van der Waals surface area contributed by atoms with Gasteiger partial charge < -0.3 is 20.3 Å². The van der Waals surface area contributed by atoms with Gasteiger partial charge in [0.15, 0.2) is 5.96 Å². The van der Waals surface area contributed by atoms with Crippen molar-refractivity contribution < 1.29 is 22.3 Å². The van der Waals surface area contributed by atoms with Gasteiger partial charge in [0.25, 0.3) is 0 Å². The molecule has 1 fully saturated rings. The Hall–Kier alpha value is -2.24. The predicted octanol–water partition coefficient (Wildman–Crippen LogP) is 4.66. The van der Waals surface area contributed by atoms with Crippen molar-refractivity contribution >= 4 is 35.6 Å². The van der Waals surface area contributed by atoms with Crippen LogP contribution in [0.5, 0.6) is 5.75 Å². The monoisotopic (exact) mass is 566 g/mol. The molecule has 1 aliphatic rings. The molecule has 0 spiro atoms. The van der Waals surface area contributed by atoms with E-state index in [0.29, 0.717) is 24.5 Å². The first kappa shape index (κ1) is 26.0. The molecule has 176 valence electrons. The molecule has 2 aromatic rings. The smallest absolute Gasteiger partial charge is 0.416 e. The van der Waals surface area contributed by atoms with Gasteiger partial charge in [-0.1, -0.05) is 18.2 Å². The van der Waals surface area contributed by atoms with Crippen LogP contribution in [-0.2, 0) is 12.7 Å². The number of anilines is 1. The van der Waals surface area contributed by atoms with E-state index >= 15 is 0 Å². The summed E-state index contributed by atoms with van der Waals surface area (Å²) in [4.78, 5) is 6.34. The lowest BCUT2D eigenvalue weighted by Gasteiger charge is -2.21. The summed E-state index contributed by atoms with van der Waals surface area (Å²) in [6, 6.07) is 10.5. The molecule has 10 heteroatoms. The number of hydrogen-bond donors (Lipinski definition) is 2. The van der Waals surface area contributed by atoms with Gasteiger partial charge in [-0.15, -0.1) is 24.0 Å². The first-order valence-corrected chi connectivity index (χ1v) is 10.00. The van der Waals surface area contributed by atoms with Gasteiger partial charge in [0.1, 0.15) is 11.6 Å². The molecule has 1 atom stereocenters.